The molecule has 1 unspecified atom stereocenters. The van der Waals surface area contributed by atoms with Gasteiger partial charge in [0.2, 0.25) is 0 Å². The molecule has 8 nitrogen and oxygen atoms in total. The van der Waals surface area contributed by atoms with E-state index >= 15 is 0 Å². The molecule has 0 aliphatic carbocycles. The van der Waals surface area contributed by atoms with Crippen molar-refractivity contribution in [3.05, 3.63) is 9.90 Å². The van der Waals surface area contributed by atoms with Crippen LogP contribution in [0.15, 0.2) is 9.58 Å². The van der Waals surface area contributed by atoms with Crippen molar-refractivity contribution >= 4 is 38.8 Å². The maximum absolute atomic E-state index is 12.1. The van der Waals surface area contributed by atoms with Gasteiger partial charge in [0, 0.05) is 13.1 Å². The molecule has 22 heavy (non-hydrogen) atoms. The summed E-state index contributed by atoms with van der Waals surface area (Å²) in [7, 11) is 0. The van der Waals surface area contributed by atoms with Crippen molar-refractivity contribution < 1.29 is 9.53 Å². The Morgan fingerprint density at radius 1 is 1.45 bits per heavy atom. The van der Waals surface area contributed by atoms with Crippen LogP contribution in [0.25, 0.3) is 0 Å². The van der Waals surface area contributed by atoms with Crippen molar-refractivity contribution in [2.75, 3.05) is 23.8 Å². The first-order valence-corrected chi connectivity index (χ1v) is 9.12. The highest BCUT2D eigenvalue weighted by atomic mass is 127. The Kier molecular flexibility index (Phi) is 3.91. The molecule has 0 radical (unpaired) electrons. The average molecular weight is 418 g/mol. The molecule has 3 heterocycles. The van der Waals surface area contributed by atoms with E-state index in [1.807, 2.05) is 25.8 Å². The normalized spacial score (nSPS) is 20.8. The topological polar surface area (TPSA) is 96.9 Å². The molecule has 1 aromatic rings. The molecular weight excluding hydrogens is 399 g/mol. The Morgan fingerprint density at radius 3 is 2.95 bits per heavy atom. The first-order valence-electron chi connectivity index (χ1n) is 7.08. The maximum atomic E-state index is 12.1. The second-order valence-electron chi connectivity index (χ2n) is 6.27. The first kappa shape index (κ1) is 15.4. The van der Waals surface area contributed by atoms with E-state index in [-0.39, 0.29) is 12.1 Å². The molecule has 2 N–H and O–H groups in total. The van der Waals surface area contributed by atoms with E-state index < -0.39 is 26.6 Å². The van der Waals surface area contributed by atoms with Gasteiger partial charge in [0.05, 0.1) is 27.1 Å². The van der Waals surface area contributed by atoms with Crippen molar-refractivity contribution in [3.63, 3.8) is 0 Å². The number of aromatic nitrogens is 2. The summed E-state index contributed by atoms with van der Waals surface area (Å²) in [4.78, 5) is 22.2. The number of halogens is 1. The highest BCUT2D eigenvalue weighted by molar-refractivity contribution is 14.2. The van der Waals surface area contributed by atoms with E-state index in [2.05, 4.69) is 13.2 Å². The summed E-state index contributed by atoms with van der Waals surface area (Å²) in [5.41, 5.74) is 5.40. The molecule has 2 aliphatic rings. The number of nitrogens with two attached hydrogens (primary N) is 1. The maximum Gasteiger partial charge on any atom is 0.410 e. The molecule has 1 aromatic heterocycles. The van der Waals surface area contributed by atoms with Crippen molar-refractivity contribution in [1.29, 1.82) is 0 Å². The van der Waals surface area contributed by atoms with Crippen LogP contribution < -0.4 is 10.7 Å². The molecule has 1 amide bonds. The molecule has 1 atom stereocenters. The number of nitrogens with zero attached hydrogens (tertiary/aromatic N) is 5. The second kappa shape index (κ2) is 5.60. The number of hydrogen-bond donors (Lipinski definition) is 1. The Bertz CT molecular complexity index is 629. The fourth-order valence-corrected chi connectivity index (χ4v) is 4.39. The Balaban J connectivity index is 1.69. The van der Waals surface area contributed by atoms with Crippen LogP contribution in [-0.4, -0.2) is 45.7 Å². The molecule has 3 rings (SSSR count). The summed E-state index contributed by atoms with van der Waals surface area (Å²) < 4.78 is 11.0. The average Bonchev–Trinajstić information content (AvgIpc) is 3.03. The molecule has 0 saturated carbocycles. The fraction of sp³-hybridized carbons (Fsp3) is 0.615. The predicted octanol–water partition coefficient (Wildman–Crippen LogP) is 2.13. The molecule has 9 heteroatoms. The van der Waals surface area contributed by atoms with Gasteiger partial charge in [-0.05, 0) is 27.2 Å². The number of amides is 1. The van der Waals surface area contributed by atoms with Gasteiger partial charge in [0.1, 0.15) is 21.3 Å². The summed E-state index contributed by atoms with van der Waals surface area (Å²) in [6.45, 7) is 6.86. The Morgan fingerprint density at radius 2 is 2.23 bits per heavy atom. The summed E-state index contributed by atoms with van der Waals surface area (Å²) in [5, 5.41) is 1.92. The number of carbonyl (C=O) groups is 1. The minimum Gasteiger partial charge on any atom is -0.444 e. The summed E-state index contributed by atoms with van der Waals surface area (Å²) in [6, 6.07) is 0.128. The molecule has 0 aromatic carbocycles. The fourth-order valence-electron chi connectivity index (χ4n) is 2.40. The van der Waals surface area contributed by atoms with Crippen molar-refractivity contribution in [3.8, 4) is 0 Å². The van der Waals surface area contributed by atoms with Crippen LogP contribution in [0, 0.1) is 3.57 Å². The number of likely N-dealkylation sites (tertiary alicyclic amines) is 1. The summed E-state index contributed by atoms with van der Waals surface area (Å²) in [6.07, 6.45) is 2.04. The van der Waals surface area contributed by atoms with E-state index in [0.29, 0.717) is 18.9 Å². The molecular formula is C13H19IN6O2. The Labute approximate surface area is 139 Å². The van der Waals surface area contributed by atoms with E-state index in [9.17, 15) is 4.79 Å². The lowest BCUT2D eigenvalue weighted by molar-refractivity contribution is 0.0292. The number of anilines is 2. The minimum atomic E-state index is -0.544. The van der Waals surface area contributed by atoms with Crippen molar-refractivity contribution in [1.82, 2.24) is 14.9 Å². The van der Waals surface area contributed by atoms with E-state index in [4.69, 9.17) is 10.5 Å². The summed E-state index contributed by atoms with van der Waals surface area (Å²) in [5.74, 6) is 1.32. The van der Waals surface area contributed by atoms with Gasteiger partial charge in [-0.2, -0.15) is 0 Å². The molecule has 120 valence electrons. The SMILES string of the molecule is CC(C)(C)OC(=O)N1CCC(N2N=Ic3c(N)ncnc32)C1. The number of carbonyl (C=O) groups excluding carboxylic acids is 1. The third-order valence-electron chi connectivity index (χ3n) is 3.38. The number of nitrogen functional groups attached to an aromatic ring is 1. The third-order valence-corrected chi connectivity index (χ3v) is 5.58. The molecule has 1 fully saturated rings. The van der Waals surface area contributed by atoms with Crippen LogP contribution in [0.3, 0.4) is 0 Å². The zero-order valence-electron chi connectivity index (χ0n) is 12.8. The number of hydrogen-bond acceptors (Lipinski definition) is 7. The van der Waals surface area contributed by atoms with Gasteiger partial charge in [0.15, 0.2) is 5.82 Å². The number of ether oxygens (including phenoxy) is 1. The smallest absolute Gasteiger partial charge is 0.410 e. The van der Waals surface area contributed by atoms with Gasteiger partial charge in [0.25, 0.3) is 0 Å². The largest absolute Gasteiger partial charge is 0.444 e. The molecule has 1 saturated heterocycles. The monoisotopic (exact) mass is 418 g/mol. The second-order valence-corrected chi connectivity index (χ2v) is 8.26. The van der Waals surface area contributed by atoms with Gasteiger partial charge in [-0.15, -0.1) is 3.25 Å². The minimum absolute atomic E-state index is 0.128. The van der Waals surface area contributed by atoms with Gasteiger partial charge < -0.3 is 15.4 Å². The van der Waals surface area contributed by atoms with Crippen LogP contribution in [0.2, 0.25) is 0 Å². The molecule has 0 bridgehead atoms. The van der Waals surface area contributed by atoms with Crippen LogP contribution in [-0.2, 0) is 4.74 Å². The highest BCUT2D eigenvalue weighted by Crippen LogP contribution is 2.38. The van der Waals surface area contributed by atoms with Gasteiger partial charge in [-0.25, -0.2) is 19.8 Å². The van der Waals surface area contributed by atoms with Crippen molar-refractivity contribution in [2.45, 2.75) is 38.8 Å². The van der Waals surface area contributed by atoms with Gasteiger partial charge in [-0.3, -0.25) is 0 Å². The molecule has 2 aliphatic heterocycles. The third kappa shape index (κ3) is 2.99. The molecule has 0 spiro atoms. The van der Waals surface area contributed by atoms with Crippen LogP contribution in [0.1, 0.15) is 27.2 Å². The quantitative estimate of drug-likeness (QED) is 0.702. The van der Waals surface area contributed by atoms with E-state index in [1.165, 1.54) is 6.33 Å². The zero-order chi connectivity index (χ0) is 15.9. The van der Waals surface area contributed by atoms with Crippen LogP contribution in [0.5, 0.6) is 0 Å². The Hall–Kier alpha value is -1.52. The highest BCUT2D eigenvalue weighted by Gasteiger charge is 2.36. The first-order chi connectivity index (χ1) is 10.3. The van der Waals surface area contributed by atoms with Gasteiger partial charge >= 0.3 is 6.09 Å². The lowest BCUT2D eigenvalue weighted by Gasteiger charge is -2.25. The van der Waals surface area contributed by atoms with E-state index in [0.717, 1.165) is 15.8 Å². The lowest BCUT2D eigenvalue weighted by atomic mass is 10.2. The van der Waals surface area contributed by atoms with E-state index in [1.54, 1.807) is 4.90 Å². The van der Waals surface area contributed by atoms with Crippen LogP contribution >= 0.6 is 21.0 Å². The summed E-state index contributed by atoms with van der Waals surface area (Å²) >= 11 is -0.544. The van der Waals surface area contributed by atoms with Crippen LogP contribution in [0.4, 0.5) is 16.4 Å². The number of rotatable bonds is 1. The zero-order valence-corrected chi connectivity index (χ0v) is 14.9. The number of fused-ring (bicyclic) bond motifs is 1. The predicted molar refractivity (Wildman–Crippen MR) is 90.3 cm³/mol. The lowest BCUT2D eigenvalue weighted by Crippen LogP contribution is -2.38. The standard InChI is InChI=1S/C13H19IN6O2/c1-13(2,3)22-12(21)19-5-4-8(6-19)20-11-9(14-18-20)10(15)16-7-17-11/h7-8H,4-6H2,1-3H3,(H2,15,16,17). The van der Waals surface area contributed by atoms with Crippen molar-refractivity contribution in [2.24, 2.45) is 3.25 Å². The van der Waals surface area contributed by atoms with Gasteiger partial charge in [-0.1, -0.05) is 0 Å².